The molecular formula is C9H12N2O3. The fraction of sp³-hybridized carbons (Fsp3) is 0.556. The minimum atomic E-state index is -0.793. The number of nitrogens with zero attached hydrogens (tertiary/aromatic N) is 1. The predicted molar refractivity (Wildman–Crippen MR) is 47.7 cm³/mol. The third-order valence-corrected chi connectivity index (χ3v) is 2.49. The first-order valence-electron chi connectivity index (χ1n) is 4.64. The number of piperidine rings is 1. The molecular weight excluding hydrogens is 184 g/mol. The fourth-order valence-electron chi connectivity index (χ4n) is 1.76. The summed E-state index contributed by atoms with van der Waals surface area (Å²) >= 11 is 0. The minimum Gasteiger partial charge on any atom is -0.480 e. The van der Waals surface area contributed by atoms with Gasteiger partial charge in [0.1, 0.15) is 12.3 Å². The minimum absolute atomic E-state index is 0.0172. The van der Waals surface area contributed by atoms with Gasteiger partial charge in [0.15, 0.2) is 6.39 Å². The van der Waals surface area contributed by atoms with Gasteiger partial charge in [-0.05, 0) is 19.3 Å². The topological polar surface area (TPSA) is 75.4 Å². The number of carboxylic acid groups (broad SMARTS) is 1. The third-order valence-electron chi connectivity index (χ3n) is 2.49. The molecule has 0 saturated carbocycles. The van der Waals surface area contributed by atoms with Gasteiger partial charge >= 0.3 is 5.97 Å². The van der Waals surface area contributed by atoms with Crippen LogP contribution >= 0.6 is 0 Å². The lowest BCUT2D eigenvalue weighted by Gasteiger charge is -2.26. The molecule has 1 saturated heterocycles. The smallest absolute Gasteiger partial charge is 0.320 e. The van der Waals surface area contributed by atoms with Gasteiger partial charge in [0.2, 0.25) is 0 Å². The Hall–Kier alpha value is -1.36. The average Bonchev–Trinajstić information content (AvgIpc) is 2.71. The van der Waals surface area contributed by atoms with Crippen molar-refractivity contribution in [2.24, 2.45) is 0 Å². The van der Waals surface area contributed by atoms with Gasteiger partial charge < -0.3 is 9.52 Å². The molecule has 1 aliphatic rings. The van der Waals surface area contributed by atoms with E-state index in [9.17, 15) is 4.79 Å². The first-order chi connectivity index (χ1) is 6.77. The molecule has 2 unspecified atom stereocenters. The SMILES string of the molecule is O=C(O)C1CCCC(c2cocn2)N1. The van der Waals surface area contributed by atoms with Crippen molar-refractivity contribution < 1.29 is 14.3 Å². The van der Waals surface area contributed by atoms with Gasteiger partial charge in [-0.3, -0.25) is 10.1 Å². The van der Waals surface area contributed by atoms with Crippen molar-refractivity contribution in [3.8, 4) is 0 Å². The van der Waals surface area contributed by atoms with Crippen LogP contribution in [0.3, 0.4) is 0 Å². The van der Waals surface area contributed by atoms with E-state index >= 15 is 0 Å². The Labute approximate surface area is 81.1 Å². The molecule has 0 bridgehead atoms. The van der Waals surface area contributed by atoms with Crippen LogP contribution in [0.15, 0.2) is 17.1 Å². The number of nitrogens with one attached hydrogen (secondary N) is 1. The molecule has 1 fully saturated rings. The Balaban J connectivity index is 2.04. The molecule has 2 atom stereocenters. The number of oxazole rings is 1. The lowest BCUT2D eigenvalue weighted by molar-refractivity contribution is -0.140. The standard InChI is InChI=1S/C9H12N2O3/c12-9(13)7-3-1-2-6(11-7)8-4-14-5-10-8/h4-7,11H,1-3H2,(H,12,13). The molecule has 2 N–H and O–H groups in total. The molecule has 0 aliphatic carbocycles. The summed E-state index contributed by atoms with van der Waals surface area (Å²) in [6.07, 6.45) is 5.42. The Morgan fingerprint density at radius 2 is 2.50 bits per heavy atom. The van der Waals surface area contributed by atoms with E-state index in [1.807, 2.05) is 0 Å². The molecule has 14 heavy (non-hydrogen) atoms. The van der Waals surface area contributed by atoms with Gasteiger partial charge in [-0.1, -0.05) is 0 Å². The van der Waals surface area contributed by atoms with E-state index in [2.05, 4.69) is 10.3 Å². The van der Waals surface area contributed by atoms with Crippen molar-refractivity contribution in [3.05, 3.63) is 18.4 Å². The first kappa shape index (κ1) is 9.21. The second-order valence-corrected chi connectivity index (χ2v) is 3.45. The Morgan fingerprint density at radius 3 is 3.14 bits per heavy atom. The highest BCUT2D eigenvalue weighted by atomic mass is 16.4. The fourth-order valence-corrected chi connectivity index (χ4v) is 1.76. The van der Waals surface area contributed by atoms with Crippen molar-refractivity contribution in [1.29, 1.82) is 0 Å². The van der Waals surface area contributed by atoms with Crippen LogP contribution in [0.25, 0.3) is 0 Å². The molecule has 0 spiro atoms. The average molecular weight is 196 g/mol. The van der Waals surface area contributed by atoms with Crippen LogP contribution in [-0.2, 0) is 4.79 Å². The van der Waals surface area contributed by atoms with Gasteiger partial charge in [0, 0.05) is 0 Å². The van der Waals surface area contributed by atoms with Crippen LogP contribution in [0.1, 0.15) is 31.0 Å². The highest BCUT2D eigenvalue weighted by Crippen LogP contribution is 2.24. The second-order valence-electron chi connectivity index (χ2n) is 3.45. The van der Waals surface area contributed by atoms with Crippen molar-refractivity contribution in [2.75, 3.05) is 0 Å². The summed E-state index contributed by atoms with van der Waals surface area (Å²) < 4.78 is 4.86. The quantitative estimate of drug-likeness (QED) is 0.736. The van der Waals surface area contributed by atoms with Crippen LogP contribution in [0.4, 0.5) is 0 Å². The van der Waals surface area contributed by atoms with Crippen molar-refractivity contribution in [2.45, 2.75) is 31.3 Å². The van der Waals surface area contributed by atoms with E-state index in [0.29, 0.717) is 6.42 Å². The van der Waals surface area contributed by atoms with E-state index < -0.39 is 12.0 Å². The van der Waals surface area contributed by atoms with E-state index in [1.54, 1.807) is 6.26 Å². The molecule has 0 aromatic carbocycles. The van der Waals surface area contributed by atoms with Gasteiger partial charge in [0.25, 0.3) is 0 Å². The molecule has 1 aliphatic heterocycles. The van der Waals surface area contributed by atoms with Crippen LogP contribution in [-0.4, -0.2) is 22.1 Å². The maximum absolute atomic E-state index is 10.8. The molecule has 5 heteroatoms. The maximum Gasteiger partial charge on any atom is 0.320 e. The number of carboxylic acids is 1. The molecule has 1 aromatic rings. The largest absolute Gasteiger partial charge is 0.480 e. The zero-order chi connectivity index (χ0) is 9.97. The van der Waals surface area contributed by atoms with Gasteiger partial charge in [-0.25, -0.2) is 4.98 Å². The van der Waals surface area contributed by atoms with Gasteiger partial charge in [-0.2, -0.15) is 0 Å². The lowest BCUT2D eigenvalue weighted by Crippen LogP contribution is -2.42. The van der Waals surface area contributed by atoms with E-state index in [-0.39, 0.29) is 6.04 Å². The zero-order valence-corrected chi connectivity index (χ0v) is 7.64. The first-order valence-corrected chi connectivity index (χ1v) is 4.64. The van der Waals surface area contributed by atoms with Crippen LogP contribution in [0.5, 0.6) is 0 Å². The van der Waals surface area contributed by atoms with Crippen molar-refractivity contribution >= 4 is 5.97 Å². The van der Waals surface area contributed by atoms with Crippen molar-refractivity contribution in [1.82, 2.24) is 10.3 Å². The Kier molecular flexibility index (Phi) is 2.49. The lowest BCUT2D eigenvalue weighted by atomic mass is 9.97. The Morgan fingerprint density at radius 1 is 1.64 bits per heavy atom. The summed E-state index contributed by atoms with van der Waals surface area (Å²) in [5, 5.41) is 11.9. The summed E-state index contributed by atoms with van der Waals surface area (Å²) in [4.78, 5) is 14.8. The van der Waals surface area contributed by atoms with E-state index in [1.165, 1.54) is 6.39 Å². The molecule has 2 heterocycles. The van der Waals surface area contributed by atoms with Crippen molar-refractivity contribution in [3.63, 3.8) is 0 Å². The number of hydrogen-bond acceptors (Lipinski definition) is 4. The summed E-state index contributed by atoms with van der Waals surface area (Å²) in [5.41, 5.74) is 0.788. The summed E-state index contributed by atoms with van der Waals surface area (Å²) in [7, 11) is 0. The molecule has 5 nitrogen and oxygen atoms in total. The van der Waals surface area contributed by atoms with Gasteiger partial charge in [0.05, 0.1) is 11.7 Å². The monoisotopic (exact) mass is 196 g/mol. The number of aliphatic carboxylic acids is 1. The third kappa shape index (κ3) is 1.77. The summed E-state index contributed by atoms with van der Waals surface area (Å²) in [5.74, 6) is -0.793. The summed E-state index contributed by atoms with van der Waals surface area (Å²) in [6, 6.07) is -0.436. The highest BCUT2D eigenvalue weighted by molar-refractivity contribution is 5.73. The molecule has 0 amide bonds. The molecule has 76 valence electrons. The highest BCUT2D eigenvalue weighted by Gasteiger charge is 2.27. The number of aromatic nitrogens is 1. The van der Waals surface area contributed by atoms with E-state index in [0.717, 1.165) is 18.5 Å². The molecule has 0 radical (unpaired) electrons. The number of hydrogen-bond donors (Lipinski definition) is 2. The van der Waals surface area contributed by atoms with Gasteiger partial charge in [-0.15, -0.1) is 0 Å². The molecule has 1 aromatic heterocycles. The van der Waals surface area contributed by atoms with Crippen LogP contribution < -0.4 is 5.32 Å². The maximum atomic E-state index is 10.8. The van der Waals surface area contributed by atoms with Crippen LogP contribution in [0, 0.1) is 0 Å². The second kappa shape index (κ2) is 3.79. The summed E-state index contributed by atoms with van der Waals surface area (Å²) in [6.45, 7) is 0. The number of rotatable bonds is 2. The Bertz CT molecular complexity index is 310. The van der Waals surface area contributed by atoms with Crippen LogP contribution in [0.2, 0.25) is 0 Å². The zero-order valence-electron chi connectivity index (χ0n) is 7.64. The molecule has 2 rings (SSSR count). The van der Waals surface area contributed by atoms with E-state index in [4.69, 9.17) is 9.52 Å². The normalized spacial score (nSPS) is 27.4. The number of carbonyl (C=O) groups is 1. The predicted octanol–water partition coefficient (Wildman–Crippen LogP) is 0.942.